The van der Waals surface area contributed by atoms with E-state index < -0.39 is 0 Å². The molecule has 0 N–H and O–H groups in total. The van der Waals surface area contributed by atoms with Crippen LogP contribution in [0.1, 0.15) is 16.1 Å². The number of nitrogens with zero attached hydrogens (tertiary/aromatic N) is 4. The van der Waals surface area contributed by atoms with E-state index in [4.69, 9.17) is 11.6 Å². The predicted molar refractivity (Wildman–Crippen MR) is 71.3 cm³/mol. The summed E-state index contributed by atoms with van der Waals surface area (Å²) in [6, 6.07) is 7.72. The Balaban J connectivity index is 1.94. The van der Waals surface area contributed by atoms with Gasteiger partial charge in [0.05, 0.1) is 23.3 Å². The minimum atomic E-state index is 0.325. The molecule has 0 atom stereocenters. The quantitative estimate of drug-likeness (QED) is 0.687. The molecule has 0 unspecified atom stereocenters. The van der Waals surface area contributed by atoms with E-state index in [1.165, 1.54) is 11.0 Å². The van der Waals surface area contributed by atoms with Gasteiger partial charge in [0.2, 0.25) is 0 Å². The second-order valence-electron chi connectivity index (χ2n) is 4.10. The molecular formula is C13H9ClN4O. The van der Waals surface area contributed by atoms with Crippen LogP contribution in [0.15, 0.2) is 36.7 Å². The summed E-state index contributed by atoms with van der Waals surface area (Å²) in [6.07, 6.45) is 3.73. The van der Waals surface area contributed by atoms with Crippen molar-refractivity contribution in [3.63, 3.8) is 0 Å². The highest BCUT2D eigenvalue weighted by molar-refractivity contribution is 6.31. The van der Waals surface area contributed by atoms with Crippen LogP contribution in [0.25, 0.3) is 10.9 Å². The Kier molecular flexibility index (Phi) is 2.97. The molecule has 2 heterocycles. The summed E-state index contributed by atoms with van der Waals surface area (Å²) in [5.41, 5.74) is 2.23. The van der Waals surface area contributed by atoms with Crippen molar-refractivity contribution in [1.29, 1.82) is 0 Å². The first-order chi connectivity index (χ1) is 9.24. The minimum absolute atomic E-state index is 0.325. The Bertz CT molecular complexity index is 753. The first-order valence-electron chi connectivity index (χ1n) is 5.64. The average molecular weight is 273 g/mol. The summed E-state index contributed by atoms with van der Waals surface area (Å²) in [5.74, 6) is 0. The van der Waals surface area contributed by atoms with E-state index in [2.05, 4.69) is 15.2 Å². The van der Waals surface area contributed by atoms with Gasteiger partial charge < -0.3 is 0 Å². The summed E-state index contributed by atoms with van der Waals surface area (Å²) in [6.45, 7) is 0.496. The van der Waals surface area contributed by atoms with Crippen LogP contribution in [0.2, 0.25) is 5.02 Å². The van der Waals surface area contributed by atoms with Crippen LogP contribution >= 0.6 is 11.6 Å². The highest BCUT2D eigenvalue weighted by atomic mass is 35.5. The van der Waals surface area contributed by atoms with Crippen molar-refractivity contribution in [2.75, 3.05) is 0 Å². The van der Waals surface area contributed by atoms with Crippen molar-refractivity contribution >= 4 is 28.8 Å². The largest absolute Gasteiger partial charge is 0.296 e. The lowest BCUT2D eigenvalue weighted by atomic mass is 10.1. The zero-order valence-corrected chi connectivity index (χ0v) is 10.6. The molecule has 0 aliphatic carbocycles. The Morgan fingerprint density at radius 2 is 2.16 bits per heavy atom. The van der Waals surface area contributed by atoms with Gasteiger partial charge >= 0.3 is 0 Å². The summed E-state index contributed by atoms with van der Waals surface area (Å²) < 4.78 is 0. The van der Waals surface area contributed by atoms with Crippen LogP contribution < -0.4 is 0 Å². The fourth-order valence-electron chi connectivity index (χ4n) is 1.86. The van der Waals surface area contributed by atoms with Crippen molar-refractivity contribution < 1.29 is 4.79 Å². The van der Waals surface area contributed by atoms with E-state index in [1.807, 2.05) is 24.3 Å². The highest BCUT2D eigenvalue weighted by Crippen LogP contribution is 2.18. The Labute approximate surface area is 113 Å². The number of aldehydes is 1. The fraction of sp³-hybridized carbons (Fsp3) is 0.0769. The number of pyridine rings is 1. The van der Waals surface area contributed by atoms with Gasteiger partial charge in [-0.3, -0.25) is 9.78 Å². The smallest absolute Gasteiger partial charge is 0.171 e. The standard InChI is InChI=1S/C13H9ClN4O/c14-11-4-10-3-9(1-2-13(10)15-5-11)7-18-16-6-12(8-19)17-18/h1-6,8H,7H2. The number of halogens is 1. The lowest BCUT2D eigenvalue weighted by Crippen LogP contribution is -2.04. The minimum Gasteiger partial charge on any atom is -0.296 e. The second kappa shape index (κ2) is 4.78. The Hall–Kier alpha value is -2.27. The van der Waals surface area contributed by atoms with Crippen molar-refractivity contribution in [1.82, 2.24) is 20.0 Å². The van der Waals surface area contributed by atoms with Gasteiger partial charge in [-0.25, -0.2) is 0 Å². The van der Waals surface area contributed by atoms with Crippen molar-refractivity contribution in [3.8, 4) is 0 Å². The molecule has 0 fully saturated rings. The molecule has 1 aromatic carbocycles. The number of aromatic nitrogens is 4. The lowest BCUT2D eigenvalue weighted by Gasteiger charge is -2.03. The van der Waals surface area contributed by atoms with E-state index in [0.29, 0.717) is 23.5 Å². The van der Waals surface area contributed by atoms with E-state index >= 15 is 0 Å². The van der Waals surface area contributed by atoms with E-state index in [1.54, 1.807) is 6.20 Å². The van der Waals surface area contributed by atoms with Gasteiger partial charge in [-0.15, -0.1) is 0 Å². The van der Waals surface area contributed by atoms with E-state index in [0.717, 1.165) is 16.5 Å². The average Bonchev–Trinajstić information content (AvgIpc) is 2.86. The number of rotatable bonds is 3. The third-order valence-electron chi connectivity index (χ3n) is 2.71. The molecule has 0 saturated heterocycles. The highest BCUT2D eigenvalue weighted by Gasteiger charge is 2.03. The molecular weight excluding hydrogens is 264 g/mol. The number of benzene rings is 1. The molecule has 0 spiro atoms. The van der Waals surface area contributed by atoms with E-state index in [-0.39, 0.29) is 0 Å². The van der Waals surface area contributed by atoms with Crippen LogP contribution in [0.3, 0.4) is 0 Å². The monoisotopic (exact) mass is 272 g/mol. The molecule has 3 aromatic rings. The maximum Gasteiger partial charge on any atom is 0.171 e. The second-order valence-corrected chi connectivity index (χ2v) is 4.53. The van der Waals surface area contributed by atoms with E-state index in [9.17, 15) is 4.79 Å². The van der Waals surface area contributed by atoms with Crippen LogP contribution in [0.4, 0.5) is 0 Å². The molecule has 0 saturated carbocycles. The van der Waals surface area contributed by atoms with Crippen molar-refractivity contribution in [2.45, 2.75) is 6.54 Å². The van der Waals surface area contributed by atoms with Gasteiger partial charge in [0.25, 0.3) is 0 Å². The van der Waals surface area contributed by atoms with Crippen LogP contribution in [0, 0.1) is 0 Å². The van der Waals surface area contributed by atoms with Gasteiger partial charge in [-0.1, -0.05) is 17.7 Å². The maximum atomic E-state index is 10.5. The zero-order valence-electron chi connectivity index (χ0n) is 9.82. The topological polar surface area (TPSA) is 60.7 Å². The molecule has 0 aliphatic heterocycles. The normalized spacial score (nSPS) is 10.8. The zero-order chi connectivity index (χ0) is 13.2. The predicted octanol–water partition coefficient (Wildman–Crippen LogP) is 2.34. The maximum absolute atomic E-state index is 10.5. The van der Waals surface area contributed by atoms with Gasteiger partial charge in [-0.05, 0) is 23.8 Å². The summed E-state index contributed by atoms with van der Waals surface area (Å²) in [5, 5.41) is 9.60. The number of carbonyl (C=O) groups is 1. The summed E-state index contributed by atoms with van der Waals surface area (Å²) in [4.78, 5) is 16.3. The number of hydrogen-bond acceptors (Lipinski definition) is 4. The SMILES string of the molecule is O=Cc1cnn(Cc2ccc3ncc(Cl)cc3c2)n1. The summed E-state index contributed by atoms with van der Waals surface area (Å²) in [7, 11) is 0. The first-order valence-corrected chi connectivity index (χ1v) is 6.02. The molecule has 0 aliphatic rings. The fourth-order valence-corrected chi connectivity index (χ4v) is 2.02. The first kappa shape index (κ1) is 11.8. The third-order valence-corrected chi connectivity index (χ3v) is 2.92. The number of carbonyl (C=O) groups excluding carboxylic acids is 1. The Morgan fingerprint density at radius 3 is 2.95 bits per heavy atom. The van der Waals surface area contributed by atoms with Crippen LogP contribution in [-0.4, -0.2) is 26.3 Å². The molecule has 0 amide bonds. The van der Waals surface area contributed by atoms with Crippen molar-refractivity contribution in [3.05, 3.63) is 52.9 Å². The molecule has 6 heteroatoms. The Morgan fingerprint density at radius 1 is 1.26 bits per heavy atom. The molecule has 3 rings (SSSR count). The van der Waals surface area contributed by atoms with Gasteiger partial charge in [0.1, 0.15) is 5.69 Å². The number of fused-ring (bicyclic) bond motifs is 1. The van der Waals surface area contributed by atoms with Gasteiger partial charge in [-0.2, -0.15) is 15.0 Å². The molecule has 0 bridgehead atoms. The van der Waals surface area contributed by atoms with Gasteiger partial charge in [0.15, 0.2) is 6.29 Å². The van der Waals surface area contributed by atoms with Crippen LogP contribution in [-0.2, 0) is 6.54 Å². The van der Waals surface area contributed by atoms with Gasteiger partial charge in [0, 0.05) is 11.6 Å². The third kappa shape index (κ3) is 2.46. The van der Waals surface area contributed by atoms with Crippen LogP contribution in [0.5, 0.6) is 0 Å². The number of hydrogen-bond donors (Lipinski definition) is 0. The molecule has 19 heavy (non-hydrogen) atoms. The molecule has 94 valence electrons. The molecule has 0 radical (unpaired) electrons. The molecule has 2 aromatic heterocycles. The summed E-state index contributed by atoms with van der Waals surface area (Å²) >= 11 is 5.92. The van der Waals surface area contributed by atoms with Crippen molar-refractivity contribution in [2.24, 2.45) is 0 Å². The molecule has 5 nitrogen and oxygen atoms in total. The lowest BCUT2D eigenvalue weighted by molar-refractivity contribution is 0.111.